The van der Waals surface area contributed by atoms with E-state index in [2.05, 4.69) is 81.9 Å². The minimum Gasteiger partial charge on any atom is -0.381 e. The van der Waals surface area contributed by atoms with Gasteiger partial charge in [0.05, 0.1) is 5.69 Å². The molecule has 2 heteroatoms. The standard InChI is InChI=1S/C35H41NO/c1-8-14-33(29-18-20-34(28(9-2)23-29)36-31-15-12-11-13-16-31)27(7)24(4)21-25(5)32-19-17-30(22-26(32)6)35(37)10-3/h2,8,14,17-23,31,36H,1,10-13,15-16H2,3-7H3/b25-21+,27-24+,33-14+. The highest BCUT2D eigenvalue weighted by molar-refractivity contribution is 5.96. The summed E-state index contributed by atoms with van der Waals surface area (Å²) in [5.41, 5.74) is 10.7. The molecule has 0 aromatic heterocycles. The molecule has 1 aliphatic rings. The maximum atomic E-state index is 12.1. The molecule has 1 saturated carbocycles. The Morgan fingerprint density at radius 3 is 2.41 bits per heavy atom. The van der Waals surface area contributed by atoms with Crippen LogP contribution < -0.4 is 5.32 Å². The van der Waals surface area contributed by atoms with E-state index in [1.807, 2.05) is 25.1 Å². The minimum absolute atomic E-state index is 0.175. The summed E-state index contributed by atoms with van der Waals surface area (Å²) in [6.07, 6.45) is 18.9. The number of carbonyl (C=O) groups excluding carboxylic acids is 1. The van der Waals surface area contributed by atoms with Gasteiger partial charge in [0.2, 0.25) is 0 Å². The second-order valence-electron chi connectivity index (χ2n) is 10.1. The van der Waals surface area contributed by atoms with E-state index in [4.69, 9.17) is 6.42 Å². The fourth-order valence-corrected chi connectivity index (χ4v) is 5.19. The van der Waals surface area contributed by atoms with Crippen LogP contribution in [-0.2, 0) is 0 Å². The molecule has 0 bridgehead atoms. The number of allylic oxidation sites excluding steroid dienone is 7. The van der Waals surface area contributed by atoms with Gasteiger partial charge in [-0.15, -0.1) is 6.42 Å². The number of ketones is 1. The second-order valence-corrected chi connectivity index (χ2v) is 10.1. The van der Waals surface area contributed by atoms with E-state index in [1.165, 1.54) is 48.8 Å². The number of terminal acetylenes is 1. The summed E-state index contributed by atoms with van der Waals surface area (Å²) in [5, 5.41) is 3.69. The van der Waals surface area contributed by atoms with Crippen molar-refractivity contribution < 1.29 is 4.79 Å². The average molecular weight is 492 g/mol. The van der Waals surface area contributed by atoms with Crippen LogP contribution in [0.25, 0.3) is 11.1 Å². The molecule has 0 heterocycles. The summed E-state index contributed by atoms with van der Waals surface area (Å²) < 4.78 is 0. The molecule has 37 heavy (non-hydrogen) atoms. The first-order valence-corrected chi connectivity index (χ1v) is 13.5. The van der Waals surface area contributed by atoms with Gasteiger partial charge in [-0.05, 0) is 97.7 Å². The van der Waals surface area contributed by atoms with Gasteiger partial charge in [-0.1, -0.05) is 75.1 Å². The first-order chi connectivity index (χ1) is 17.8. The van der Waals surface area contributed by atoms with Gasteiger partial charge >= 0.3 is 0 Å². The molecule has 3 rings (SSSR count). The lowest BCUT2D eigenvalue weighted by Crippen LogP contribution is -2.22. The second kappa shape index (κ2) is 13.1. The van der Waals surface area contributed by atoms with E-state index in [9.17, 15) is 4.79 Å². The fourth-order valence-electron chi connectivity index (χ4n) is 5.19. The SMILES string of the molecule is C#Cc1cc(C(=C/C=C)/C(C)=C(C)/C=C(\C)c2ccc(C(=O)CC)cc2C)ccc1NC1CCCCC1. The van der Waals surface area contributed by atoms with Crippen molar-refractivity contribution in [3.63, 3.8) is 0 Å². The van der Waals surface area contributed by atoms with E-state index < -0.39 is 0 Å². The average Bonchev–Trinajstić information content (AvgIpc) is 2.91. The molecule has 0 saturated heterocycles. The molecule has 0 spiro atoms. The van der Waals surface area contributed by atoms with Gasteiger partial charge in [0.15, 0.2) is 5.78 Å². The normalized spacial score (nSPS) is 15.6. The predicted octanol–water partition coefficient (Wildman–Crippen LogP) is 9.32. The number of Topliss-reactive ketones (excluding diaryl/α,β-unsaturated/α-hetero) is 1. The highest BCUT2D eigenvalue weighted by Gasteiger charge is 2.16. The molecule has 2 aromatic carbocycles. The zero-order valence-corrected chi connectivity index (χ0v) is 23.2. The number of benzene rings is 2. The monoisotopic (exact) mass is 491 g/mol. The molecule has 192 valence electrons. The first-order valence-electron chi connectivity index (χ1n) is 13.5. The molecule has 0 radical (unpaired) electrons. The van der Waals surface area contributed by atoms with Crippen molar-refractivity contribution in [1.29, 1.82) is 0 Å². The molecular formula is C35H41NO. The van der Waals surface area contributed by atoms with Crippen LogP contribution in [0.1, 0.15) is 98.8 Å². The van der Waals surface area contributed by atoms with Crippen molar-refractivity contribution in [2.24, 2.45) is 0 Å². The molecule has 2 aromatic rings. The van der Waals surface area contributed by atoms with Crippen LogP contribution in [0.2, 0.25) is 0 Å². The summed E-state index contributed by atoms with van der Waals surface area (Å²) in [4.78, 5) is 12.1. The summed E-state index contributed by atoms with van der Waals surface area (Å²) in [6.45, 7) is 14.3. The van der Waals surface area contributed by atoms with Crippen molar-refractivity contribution in [2.75, 3.05) is 5.32 Å². The van der Waals surface area contributed by atoms with E-state index in [-0.39, 0.29) is 5.78 Å². The van der Waals surface area contributed by atoms with Gasteiger partial charge in [0, 0.05) is 23.6 Å². The highest BCUT2D eigenvalue weighted by Crippen LogP contribution is 2.32. The van der Waals surface area contributed by atoms with Crippen LogP contribution >= 0.6 is 0 Å². The largest absolute Gasteiger partial charge is 0.381 e. The van der Waals surface area contributed by atoms with E-state index in [1.54, 1.807) is 0 Å². The quantitative estimate of drug-likeness (QED) is 0.215. The summed E-state index contributed by atoms with van der Waals surface area (Å²) in [5.74, 6) is 3.07. The summed E-state index contributed by atoms with van der Waals surface area (Å²) >= 11 is 0. The van der Waals surface area contributed by atoms with Gasteiger partial charge in [0.25, 0.3) is 0 Å². The Morgan fingerprint density at radius 2 is 1.78 bits per heavy atom. The smallest absolute Gasteiger partial charge is 0.162 e. The van der Waals surface area contributed by atoms with Crippen LogP contribution in [0, 0.1) is 19.3 Å². The predicted molar refractivity (Wildman–Crippen MR) is 161 cm³/mol. The number of rotatable bonds is 9. The number of nitrogens with one attached hydrogen (secondary N) is 1. The fraction of sp³-hybridized carbons (Fsp3) is 0.343. The minimum atomic E-state index is 0.175. The molecule has 0 amide bonds. The number of carbonyl (C=O) groups is 1. The van der Waals surface area contributed by atoms with E-state index >= 15 is 0 Å². The van der Waals surface area contributed by atoms with Crippen LogP contribution in [0.3, 0.4) is 0 Å². The number of hydrogen-bond donors (Lipinski definition) is 1. The molecule has 1 N–H and O–H groups in total. The molecule has 0 atom stereocenters. The van der Waals surface area contributed by atoms with Gasteiger partial charge in [-0.25, -0.2) is 0 Å². The van der Waals surface area contributed by atoms with E-state index in [0.717, 1.165) is 39.1 Å². The zero-order chi connectivity index (χ0) is 26.9. The molecule has 2 nitrogen and oxygen atoms in total. The van der Waals surface area contributed by atoms with Crippen LogP contribution in [0.4, 0.5) is 5.69 Å². The Labute approximate surface area is 224 Å². The molecule has 1 fully saturated rings. The highest BCUT2D eigenvalue weighted by atomic mass is 16.1. The molecular weight excluding hydrogens is 450 g/mol. The van der Waals surface area contributed by atoms with Crippen molar-refractivity contribution in [1.82, 2.24) is 0 Å². The Bertz CT molecular complexity index is 1290. The Kier molecular flexibility index (Phi) is 9.93. The lowest BCUT2D eigenvalue weighted by Gasteiger charge is -2.25. The maximum Gasteiger partial charge on any atom is 0.162 e. The van der Waals surface area contributed by atoms with Gasteiger partial charge in [0.1, 0.15) is 0 Å². The first kappa shape index (κ1) is 28.0. The lowest BCUT2D eigenvalue weighted by molar-refractivity contribution is 0.0988. The number of aryl methyl sites for hydroxylation is 1. The summed E-state index contributed by atoms with van der Waals surface area (Å²) in [7, 11) is 0. The third kappa shape index (κ3) is 7.01. The van der Waals surface area contributed by atoms with Crippen molar-refractivity contribution in [3.05, 3.63) is 100 Å². The van der Waals surface area contributed by atoms with Gasteiger partial charge in [-0.2, -0.15) is 0 Å². The number of anilines is 1. The Hall–Kier alpha value is -3.57. The molecule has 1 aliphatic carbocycles. The van der Waals surface area contributed by atoms with Gasteiger partial charge < -0.3 is 5.32 Å². The maximum absolute atomic E-state index is 12.1. The van der Waals surface area contributed by atoms with Crippen molar-refractivity contribution in [3.8, 4) is 12.3 Å². The summed E-state index contributed by atoms with van der Waals surface area (Å²) in [6, 6.07) is 12.9. The molecule has 0 unspecified atom stereocenters. The van der Waals surface area contributed by atoms with Crippen molar-refractivity contribution >= 4 is 22.6 Å². The van der Waals surface area contributed by atoms with Crippen LogP contribution in [0.5, 0.6) is 0 Å². The third-order valence-electron chi connectivity index (χ3n) is 7.46. The van der Waals surface area contributed by atoms with Gasteiger partial charge in [-0.3, -0.25) is 4.79 Å². The molecule has 0 aliphatic heterocycles. The van der Waals surface area contributed by atoms with Crippen LogP contribution in [0.15, 0.2) is 72.4 Å². The third-order valence-corrected chi connectivity index (χ3v) is 7.46. The Balaban J connectivity index is 1.92. The van der Waals surface area contributed by atoms with Crippen molar-refractivity contribution in [2.45, 2.75) is 79.2 Å². The topological polar surface area (TPSA) is 29.1 Å². The number of hydrogen-bond acceptors (Lipinski definition) is 2. The van der Waals surface area contributed by atoms with Crippen LogP contribution in [-0.4, -0.2) is 11.8 Å². The Morgan fingerprint density at radius 1 is 1.08 bits per heavy atom. The lowest BCUT2D eigenvalue weighted by atomic mass is 9.91. The van der Waals surface area contributed by atoms with E-state index in [0.29, 0.717) is 12.5 Å². The zero-order valence-electron chi connectivity index (χ0n) is 23.2.